The summed E-state index contributed by atoms with van der Waals surface area (Å²) < 4.78 is 25.0. The van der Waals surface area contributed by atoms with E-state index in [9.17, 15) is 9.18 Å². The average molecular weight is 362 g/mol. The quantitative estimate of drug-likeness (QED) is 0.828. The number of rotatable bonds is 3. The fourth-order valence-corrected chi connectivity index (χ4v) is 4.33. The molecule has 1 aromatic rings. The van der Waals surface area contributed by atoms with Gasteiger partial charge in [0.25, 0.3) is 5.91 Å². The molecule has 3 heterocycles. The minimum absolute atomic E-state index is 0.0798. The molecular formula is C20H27FN2O3. The highest BCUT2D eigenvalue weighted by atomic mass is 19.1. The lowest BCUT2D eigenvalue weighted by Gasteiger charge is -2.47. The zero-order valence-electron chi connectivity index (χ0n) is 15.2. The van der Waals surface area contributed by atoms with Gasteiger partial charge in [-0.3, -0.25) is 4.79 Å². The number of benzene rings is 1. The number of carbonyl (C=O) groups is 1. The predicted octanol–water partition coefficient (Wildman–Crippen LogP) is 2.45. The first-order chi connectivity index (χ1) is 12.6. The number of hydrogen-bond donors (Lipinski definition) is 0. The van der Waals surface area contributed by atoms with Crippen molar-refractivity contribution in [3.05, 3.63) is 30.1 Å². The Morgan fingerprint density at radius 3 is 2.69 bits per heavy atom. The van der Waals surface area contributed by atoms with Crippen LogP contribution in [0.25, 0.3) is 0 Å². The molecule has 0 atom stereocenters. The summed E-state index contributed by atoms with van der Waals surface area (Å²) in [7, 11) is 0. The molecule has 0 unspecified atom stereocenters. The Morgan fingerprint density at radius 2 is 1.96 bits per heavy atom. The topological polar surface area (TPSA) is 42.0 Å². The normalized spacial score (nSPS) is 25.0. The smallest absolute Gasteiger partial charge is 0.253 e. The van der Waals surface area contributed by atoms with Crippen molar-refractivity contribution >= 4 is 11.6 Å². The van der Waals surface area contributed by atoms with Gasteiger partial charge in [0.1, 0.15) is 12.4 Å². The third-order valence-corrected chi connectivity index (χ3v) is 5.99. The van der Waals surface area contributed by atoms with Crippen LogP contribution in [0, 0.1) is 11.7 Å². The molecule has 0 aliphatic carbocycles. The molecule has 6 heteroatoms. The molecular weight excluding hydrogens is 335 g/mol. The van der Waals surface area contributed by atoms with Gasteiger partial charge in [-0.1, -0.05) is 6.07 Å². The zero-order valence-corrected chi connectivity index (χ0v) is 15.2. The first kappa shape index (κ1) is 17.9. The van der Waals surface area contributed by atoms with Gasteiger partial charge in [0.15, 0.2) is 0 Å². The number of hydrogen-bond acceptors (Lipinski definition) is 4. The molecule has 0 saturated carbocycles. The van der Waals surface area contributed by atoms with Crippen LogP contribution in [0.1, 0.15) is 25.7 Å². The summed E-state index contributed by atoms with van der Waals surface area (Å²) in [6.45, 7) is 5.47. The second-order valence-corrected chi connectivity index (χ2v) is 7.79. The molecule has 1 aromatic carbocycles. The second-order valence-electron chi connectivity index (χ2n) is 7.79. The fraction of sp³-hybridized carbons (Fsp3) is 0.650. The van der Waals surface area contributed by atoms with Crippen molar-refractivity contribution in [1.82, 2.24) is 4.90 Å². The van der Waals surface area contributed by atoms with Gasteiger partial charge in [0, 0.05) is 38.5 Å². The lowest BCUT2D eigenvalue weighted by Crippen LogP contribution is -2.59. The number of carbonyl (C=O) groups excluding carboxylic acids is 1. The Kier molecular flexibility index (Phi) is 5.25. The van der Waals surface area contributed by atoms with E-state index in [1.165, 1.54) is 12.1 Å². The number of ether oxygens (including phenoxy) is 2. The summed E-state index contributed by atoms with van der Waals surface area (Å²) in [5.74, 6) is 0.323. The number of anilines is 1. The Hall–Kier alpha value is -1.50. The fourth-order valence-electron chi connectivity index (χ4n) is 4.33. The van der Waals surface area contributed by atoms with E-state index in [0.717, 1.165) is 64.4 Å². The van der Waals surface area contributed by atoms with Crippen LogP contribution in [-0.2, 0) is 14.3 Å². The summed E-state index contributed by atoms with van der Waals surface area (Å²) in [4.78, 5) is 16.5. The molecule has 0 radical (unpaired) electrons. The third kappa shape index (κ3) is 3.92. The number of halogens is 1. The number of piperidine rings is 1. The van der Waals surface area contributed by atoms with Gasteiger partial charge >= 0.3 is 0 Å². The molecule has 4 rings (SSSR count). The molecule has 3 aliphatic heterocycles. The minimum atomic E-state index is -0.317. The van der Waals surface area contributed by atoms with Crippen LogP contribution in [0.5, 0.6) is 0 Å². The minimum Gasteiger partial charge on any atom is -0.381 e. The van der Waals surface area contributed by atoms with E-state index in [1.807, 2.05) is 0 Å². The number of morpholine rings is 1. The van der Waals surface area contributed by atoms with Gasteiger partial charge in [-0.05, 0) is 49.8 Å². The van der Waals surface area contributed by atoms with Crippen molar-refractivity contribution in [3.63, 3.8) is 0 Å². The molecule has 3 saturated heterocycles. The van der Waals surface area contributed by atoms with E-state index in [2.05, 4.69) is 4.90 Å². The maximum absolute atomic E-state index is 13.6. The number of nitrogens with zero attached hydrogens (tertiary/aromatic N) is 2. The molecule has 5 nitrogen and oxygen atoms in total. The maximum atomic E-state index is 13.6. The van der Waals surface area contributed by atoms with Crippen LogP contribution >= 0.6 is 0 Å². The SMILES string of the molecule is O=C1COC2(CCN(CC3CCOCC3)CC2)CN1c1cccc(F)c1. The first-order valence-electron chi connectivity index (χ1n) is 9.64. The summed E-state index contributed by atoms with van der Waals surface area (Å²) >= 11 is 0. The monoisotopic (exact) mass is 362 g/mol. The second kappa shape index (κ2) is 7.62. The maximum Gasteiger partial charge on any atom is 0.253 e. The zero-order chi connectivity index (χ0) is 18.0. The van der Waals surface area contributed by atoms with Crippen LogP contribution in [-0.4, -0.2) is 62.4 Å². The van der Waals surface area contributed by atoms with E-state index >= 15 is 0 Å². The third-order valence-electron chi connectivity index (χ3n) is 5.99. The molecule has 0 N–H and O–H groups in total. The van der Waals surface area contributed by atoms with Crippen molar-refractivity contribution in [3.8, 4) is 0 Å². The van der Waals surface area contributed by atoms with Crippen molar-refractivity contribution in [2.45, 2.75) is 31.3 Å². The molecule has 0 bridgehead atoms. The van der Waals surface area contributed by atoms with Crippen molar-refractivity contribution in [2.75, 3.05) is 50.9 Å². The van der Waals surface area contributed by atoms with Gasteiger partial charge in [0.05, 0.1) is 12.1 Å². The predicted molar refractivity (Wildman–Crippen MR) is 96.7 cm³/mol. The van der Waals surface area contributed by atoms with E-state index in [0.29, 0.717) is 12.2 Å². The van der Waals surface area contributed by atoms with Crippen molar-refractivity contribution < 1.29 is 18.7 Å². The first-order valence-corrected chi connectivity index (χ1v) is 9.64. The van der Waals surface area contributed by atoms with Gasteiger partial charge in [-0.15, -0.1) is 0 Å². The van der Waals surface area contributed by atoms with Crippen molar-refractivity contribution in [1.29, 1.82) is 0 Å². The van der Waals surface area contributed by atoms with Gasteiger partial charge < -0.3 is 19.3 Å². The average Bonchev–Trinajstić information content (AvgIpc) is 2.67. The van der Waals surface area contributed by atoms with Crippen LogP contribution in [0.15, 0.2) is 24.3 Å². The van der Waals surface area contributed by atoms with Gasteiger partial charge in [-0.25, -0.2) is 4.39 Å². The molecule has 3 aliphatic rings. The van der Waals surface area contributed by atoms with Crippen LogP contribution in [0.2, 0.25) is 0 Å². The largest absolute Gasteiger partial charge is 0.381 e. The molecule has 1 spiro atoms. The van der Waals surface area contributed by atoms with Gasteiger partial charge in [0.2, 0.25) is 0 Å². The van der Waals surface area contributed by atoms with Crippen LogP contribution in [0.4, 0.5) is 10.1 Å². The molecule has 0 aromatic heterocycles. The number of likely N-dealkylation sites (tertiary alicyclic amines) is 1. The van der Waals surface area contributed by atoms with E-state index in [-0.39, 0.29) is 23.9 Å². The Bertz CT molecular complexity index is 640. The lowest BCUT2D eigenvalue weighted by atomic mass is 9.88. The van der Waals surface area contributed by atoms with E-state index in [1.54, 1.807) is 17.0 Å². The molecule has 142 valence electrons. The van der Waals surface area contributed by atoms with E-state index in [4.69, 9.17) is 9.47 Å². The highest BCUT2D eigenvalue weighted by Gasteiger charge is 2.42. The summed E-state index contributed by atoms with van der Waals surface area (Å²) in [5.41, 5.74) is 0.328. The molecule has 1 amide bonds. The Morgan fingerprint density at radius 1 is 1.19 bits per heavy atom. The summed E-state index contributed by atoms with van der Waals surface area (Å²) in [6, 6.07) is 6.27. The lowest BCUT2D eigenvalue weighted by molar-refractivity contribution is -0.145. The highest BCUT2D eigenvalue weighted by Crippen LogP contribution is 2.33. The van der Waals surface area contributed by atoms with Crippen LogP contribution in [0.3, 0.4) is 0 Å². The summed E-state index contributed by atoms with van der Waals surface area (Å²) in [6.07, 6.45) is 4.13. The Balaban J connectivity index is 1.37. The van der Waals surface area contributed by atoms with Crippen molar-refractivity contribution in [2.24, 2.45) is 5.92 Å². The molecule has 3 fully saturated rings. The van der Waals surface area contributed by atoms with E-state index < -0.39 is 0 Å². The highest BCUT2D eigenvalue weighted by molar-refractivity contribution is 5.95. The Labute approximate surface area is 154 Å². The molecule has 26 heavy (non-hydrogen) atoms. The van der Waals surface area contributed by atoms with Gasteiger partial charge in [-0.2, -0.15) is 0 Å². The number of amides is 1. The van der Waals surface area contributed by atoms with Crippen LogP contribution < -0.4 is 4.90 Å². The standard InChI is InChI=1S/C20H27FN2O3/c21-17-2-1-3-18(12-17)23-15-20(26-14-19(23)24)6-8-22(9-7-20)13-16-4-10-25-11-5-16/h1-3,12,16H,4-11,13-15H2. The summed E-state index contributed by atoms with van der Waals surface area (Å²) in [5, 5.41) is 0.